The van der Waals surface area contributed by atoms with Crippen LogP contribution in [0.25, 0.3) is 0 Å². The van der Waals surface area contributed by atoms with Crippen molar-refractivity contribution >= 4 is 15.7 Å². The summed E-state index contributed by atoms with van der Waals surface area (Å²) in [6.45, 7) is 0.827. The highest BCUT2D eigenvalue weighted by Crippen LogP contribution is 2.38. The van der Waals surface area contributed by atoms with E-state index in [4.69, 9.17) is 0 Å². The number of sulfonamides is 1. The van der Waals surface area contributed by atoms with Crippen LogP contribution in [-0.2, 0) is 14.8 Å². The number of ether oxygens (including phenoxy) is 1. The van der Waals surface area contributed by atoms with Gasteiger partial charge in [0.1, 0.15) is 5.71 Å². The van der Waals surface area contributed by atoms with E-state index in [2.05, 4.69) is 9.84 Å². The van der Waals surface area contributed by atoms with Gasteiger partial charge in [-0.3, -0.25) is 0 Å². The van der Waals surface area contributed by atoms with Gasteiger partial charge in [0.25, 0.3) is 10.0 Å². The fraction of sp³-hybridized carbons (Fsp3) is 0.417. The van der Waals surface area contributed by atoms with Crippen molar-refractivity contribution < 1.29 is 40.2 Å². The van der Waals surface area contributed by atoms with Gasteiger partial charge in [0.15, 0.2) is 5.72 Å². The number of hydrazone groups is 1. The van der Waals surface area contributed by atoms with E-state index in [9.17, 15) is 35.5 Å². The van der Waals surface area contributed by atoms with Gasteiger partial charge in [-0.15, -0.1) is 13.2 Å². The molecule has 0 aliphatic carbocycles. The first-order valence-electron chi connectivity index (χ1n) is 6.31. The lowest BCUT2D eigenvalue weighted by atomic mass is 10.1. The van der Waals surface area contributed by atoms with Gasteiger partial charge < -0.3 is 5.11 Å². The standard InChI is InChI=1S/C12H11F5N2O4S/c1-10(20)7-9(11(13,14)23-12(15,16)17)18-19(10)24(21,22)8-5-3-2-4-6-8/h2-6,20H,7H2,1H3. The first-order chi connectivity index (χ1) is 10.8. The van der Waals surface area contributed by atoms with Crippen LogP contribution in [0, 0.1) is 0 Å². The van der Waals surface area contributed by atoms with Crippen LogP contribution in [0.4, 0.5) is 22.0 Å². The largest absolute Gasteiger partial charge is 0.527 e. The van der Waals surface area contributed by atoms with Crippen LogP contribution in [0.15, 0.2) is 40.3 Å². The Morgan fingerprint density at radius 3 is 2.25 bits per heavy atom. The molecule has 0 amide bonds. The molecular formula is C12H11F5N2O4S. The third-order valence-corrected chi connectivity index (χ3v) is 4.77. The molecule has 1 unspecified atom stereocenters. The Bertz CT molecular complexity index is 746. The van der Waals surface area contributed by atoms with Crippen LogP contribution >= 0.6 is 0 Å². The molecule has 24 heavy (non-hydrogen) atoms. The summed E-state index contributed by atoms with van der Waals surface area (Å²) < 4.78 is 90.5. The van der Waals surface area contributed by atoms with Crippen molar-refractivity contribution in [2.24, 2.45) is 5.10 Å². The van der Waals surface area contributed by atoms with E-state index in [-0.39, 0.29) is 9.31 Å². The fourth-order valence-electron chi connectivity index (χ4n) is 2.01. The van der Waals surface area contributed by atoms with E-state index in [0.29, 0.717) is 0 Å². The number of alkyl halides is 5. The maximum absolute atomic E-state index is 13.5. The summed E-state index contributed by atoms with van der Waals surface area (Å²) in [5.74, 6) is 0. The van der Waals surface area contributed by atoms with Crippen molar-refractivity contribution in [3.05, 3.63) is 30.3 Å². The summed E-state index contributed by atoms with van der Waals surface area (Å²) in [7, 11) is -4.56. The number of aliphatic hydroxyl groups is 1. The minimum Gasteiger partial charge on any atom is -0.368 e. The van der Waals surface area contributed by atoms with Crippen LogP contribution in [-0.4, -0.2) is 41.8 Å². The second kappa shape index (κ2) is 5.63. The average Bonchev–Trinajstić information content (AvgIpc) is 2.74. The van der Waals surface area contributed by atoms with Crippen molar-refractivity contribution in [3.63, 3.8) is 0 Å². The molecule has 12 heteroatoms. The molecule has 1 aliphatic rings. The van der Waals surface area contributed by atoms with Crippen molar-refractivity contribution in [3.8, 4) is 0 Å². The molecule has 1 aromatic rings. The molecule has 0 saturated heterocycles. The highest BCUT2D eigenvalue weighted by atomic mass is 32.2. The summed E-state index contributed by atoms with van der Waals surface area (Å²) >= 11 is 0. The van der Waals surface area contributed by atoms with Gasteiger partial charge in [0.05, 0.1) is 4.90 Å². The van der Waals surface area contributed by atoms with E-state index >= 15 is 0 Å². The lowest BCUT2D eigenvalue weighted by molar-refractivity contribution is -0.403. The zero-order valence-corrected chi connectivity index (χ0v) is 12.8. The highest BCUT2D eigenvalue weighted by Gasteiger charge is 2.56. The Kier molecular flexibility index (Phi) is 4.35. The Balaban J connectivity index is 2.43. The maximum Gasteiger partial charge on any atom is 0.527 e. The molecule has 1 heterocycles. The fourth-order valence-corrected chi connectivity index (χ4v) is 3.50. The zero-order chi connectivity index (χ0) is 18.4. The minimum atomic E-state index is -5.68. The average molecular weight is 374 g/mol. The molecular weight excluding hydrogens is 363 g/mol. The molecule has 6 nitrogen and oxygen atoms in total. The number of benzene rings is 1. The predicted molar refractivity (Wildman–Crippen MR) is 70.2 cm³/mol. The molecule has 1 N–H and O–H groups in total. The number of halogens is 5. The molecule has 0 radical (unpaired) electrons. The smallest absolute Gasteiger partial charge is 0.368 e. The monoisotopic (exact) mass is 374 g/mol. The Morgan fingerprint density at radius 2 is 1.75 bits per heavy atom. The predicted octanol–water partition coefficient (Wildman–Crippen LogP) is 2.27. The molecule has 1 aliphatic heterocycles. The van der Waals surface area contributed by atoms with Crippen molar-refractivity contribution in [1.82, 2.24) is 4.41 Å². The minimum absolute atomic E-state index is 0.0572. The zero-order valence-electron chi connectivity index (χ0n) is 12.0. The topological polar surface area (TPSA) is 79.2 Å². The van der Waals surface area contributed by atoms with Crippen LogP contribution in [0.5, 0.6) is 0 Å². The number of nitrogens with zero attached hydrogens (tertiary/aromatic N) is 2. The van der Waals surface area contributed by atoms with Gasteiger partial charge in [-0.25, -0.2) is 4.74 Å². The Morgan fingerprint density at radius 1 is 1.21 bits per heavy atom. The summed E-state index contributed by atoms with van der Waals surface area (Å²) in [4.78, 5) is -0.379. The summed E-state index contributed by atoms with van der Waals surface area (Å²) in [6, 6.07) is 6.39. The van der Waals surface area contributed by atoms with Gasteiger partial charge in [-0.05, 0) is 19.1 Å². The van der Waals surface area contributed by atoms with Crippen LogP contribution in [0.2, 0.25) is 0 Å². The first kappa shape index (κ1) is 18.5. The molecule has 2 rings (SSSR count). The number of hydrogen-bond donors (Lipinski definition) is 1. The molecule has 0 spiro atoms. The van der Waals surface area contributed by atoms with Gasteiger partial charge in [0.2, 0.25) is 0 Å². The van der Waals surface area contributed by atoms with Crippen molar-refractivity contribution in [2.75, 3.05) is 0 Å². The molecule has 1 atom stereocenters. The van der Waals surface area contributed by atoms with Gasteiger partial charge in [-0.1, -0.05) is 18.2 Å². The van der Waals surface area contributed by atoms with E-state index in [1.807, 2.05) is 0 Å². The number of rotatable bonds is 4. The van der Waals surface area contributed by atoms with E-state index in [0.717, 1.165) is 19.1 Å². The lowest BCUT2D eigenvalue weighted by Crippen LogP contribution is -2.44. The van der Waals surface area contributed by atoms with Gasteiger partial charge >= 0.3 is 12.5 Å². The SMILES string of the molecule is CC1(O)CC(C(F)(F)OC(F)(F)F)=NN1S(=O)(=O)c1ccccc1. The molecule has 0 saturated carbocycles. The van der Waals surface area contributed by atoms with Crippen LogP contribution in [0.1, 0.15) is 13.3 Å². The third kappa shape index (κ3) is 3.65. The van der Waals surface area contributed by atoms with Gasteiger partial charge in [-0.2, -0.15) is 26.7 Å². The molecule has 134 valence electrons. The summed E-state index contributed by atoms with van der Waals surface area (Å²) in [5.41, 5.74) is -4.05. The number of hydrogen-bond acceptors (Lipinski definition) is 5. The molecule has 0 aromatic heterocycles. The quantitative estimate of drug-likeness (QED) is 0.820. The second-order valence-corrected chi connectivity index (χ2v) is 6.83. The Labute approximate surface area is 133 Å². The van der Waals surface area contributed by atoms with Crippen LogP contribution in [0.3, 0.4) is 0 Å². The van der Waals surface area contributed by atoms with Crippen LogP contribution < -0.4 is 0 Å². The second-order valence-electron chi connectivity index (χ2n) is 5.07. The highest BCUT2D eigenvalue weighted by molar-refractivity contribution is 7.89. The van der Waals surface area contributed by atoms with Gasteiger partial charge in [0, 0.05) is 6.42 Å². The van der Waals surface area contributed by atoms with E-state index in [1.165, 1.54) is 18.2 Å². The third-order valence-electron chi connectivity index (χ3n) is 2.97. The first-order valence-corrected chi connectivity index (χ1v) is 7.75. The van der Waals surface area contributed by atoms with Crippen molar-refractivity contribution in [1.29, 1.82) is 0 Å². The Hall–Kier alpha value is -1.79. The molecule has 0 bridgehead atoms. The summed E-state index contributed by atoms with van der Waals surface area (Å²) in [6.07, 6.45) is -11.8. The van der Waals surface area contributed by atoms with E-state index in [1.54, 1.807) is 0 Å². The van der Waals surface area contributed by atoms with Crippen molar-refractivity contribution in [2.45, 2.75) is 36.4 Å². The molecule has 0 fully saturated rings. The molecule has 1 aromatic carbocycles. The lowest BCUT2D eigenvalue weighted by Gasteiger charge is -2.27. The maximum atomic E-state index is 13.5. The van der Waals surface area contributed by atoms with E-state index < -0.39 is 40.4 Å². The summed E-state index contributed by atoms with van der Waals surface area (Å²) in [5, 5.41) is 13.0. The normalized spacial score (nSPS) is 22.6.